The van der Waals surface area contributed by atoms with Crippen LogP contribution in [0.2, 0.25) is 0 Å². The molecule has 0 N–H and O–H groups in total. The summed E-state index contributed by atoms with van der Waals surface area (Å²) < 4.78 is 0. The Morgan fingerprint density at radius 2 is 1.00 bits per heavy atom. The quantitative estimate of drug-likeness (QED) is 0.513. The van der Waals surface area contributed by atoms with Crippen molar-refractivity contribution in [3.63, 3.8) is 0 Å². The molecule has 0 aromatic heterocycles. The van der Waals surface area contributed by atoms with Gasteiger partial charge in [-0.15, -0.1) is 0 Å². The Balaban J connectivity index is 1.76. The fourth-order valence-corrected chi connectivity index (χ4v) is 5.34. The molecule has 0 heteroatoms. The molecule has 0 aromatic rings. The van der Waals surface area contributed by atoms with Gasteiger partial charge in [-0.2, -0.15) is 0 Å². The summed E-state index contributed by atoms with van der Waals surface area (Å²) in [6.45, 7) is 0. The van der Waals surface area contributed by atoms with Crippen molar-refractivity contribution >= 4 is 0 Å². The van der Waals surface area contributed by atoms with E-state index in [0.717, 1.165) is 0 Å². The van der Waals surface area contributed by atoms with E-state index in [4.69, 9.17) is 0 Å². The fourth-order valence-electron chi connectivity index (χ4n) is 5.34. The Bertz CT molecular complexity index is 214. The lowest BCUT2D eigenvalue weighted by Crippen LogP contribution is -2.41. The third-order valence-electron chi connectivity index (χ3n) is 5.65. The molecule has 0 amide bonds. The van der Waals surface area contributed by atoms with Crippen molar-refractivity contribution in [2.24, 2.45) is 35.5 Å². The van der Waals surface area contributed by atoms with Gasteiger partial charge in [-0.05, 0) is 74.0 Å². The molecule has 4 unspecified atom stereocenters. The van der Waals surface area contributed by atoms with Gasteiger partial charge in [0.1, 0.15) is 0 Å². The van der Waals surface area contributed by atoms with Gasteiger partial charge in [-0.25, -0.2) is 0 Å². The summed E-state index contributed by atoms with van der Waals surface area (Å²) in [5.41, 5.74) is 0. The normalized spacial score (nSPS) is 66.0. The van der Waals surface area contributed by atoms with Crippen LogP contribution in [0.4, 0.5) is 0 Å². The van der Waals surface area contributed by atoms with E-state index in [9.17, 15) is 0 Å². The van der Waals surface area contributed by atoms with E-state index in [2.05, 4.69) is 0 Å². The smallest absolute Gasteiger partial charge is 0.0323 e. The van der Waals surface area contributed by atoms with Gasteiger partial charge in [0.15, 0.2) is 0 Å². The third kappa shape index (κ3) is 0.561. The van der Waals surface area contributed by atoms with Crippen molar-refractivity contribution in [3.05, 3.63) is 0 Å². The maximum absolute atomic E-state index is 1.64. The fraction of sp³-hybridized carbons (Fsp3) is 1.00. The molecule has 0 bridgehead atoms. The van der Waals surface area contributed by atoms with E-state index in [1.165, 1.54) is 35.5 Å². The van der Waals surface area contributed by atoms with Crippen LogP contribution in [-0.2, 0) is 0 Å². The first-order chi connectivity index (χ1) is 5.93. The third-order valence-corrected chi connectivity index (χ3v) is 5.65. The van der Waals surface area contributed by atoms with Crippen LogP contribution in [-0.4, -0.2) is 0 Å². The Labute approximate surface area is 74.7 Å². The highest BCUT2D eigenvalue weighted by molar-refractivity contribution is 5.08. The van der Waals surface area contributed by atoms with Gasteiger partial charge in [0.25, 0.3) is 0 Å². The second kappa shape index (κ2) is 1.91. The molecular formula is C12H18. The molecule has 66 valence electrons. The van der Waals surface area contributed by atoms with Gasteiger partial charge in [-0.1, -0.05) is 0 Å². The Morgan fingerprint density at radius 1 is 0.500 bits per heavy atom. The second-order valence-corrected chi connectivity index (χ2v) is 5.82. The molecule has 4 aliphatic rings. The van der Waals surface area contributed by atoms with Gasteiger partial charge in [0, 0.05) is 0 Å². The molecular weight excluding hydrogens is 144 g/mol. The lowest BCUT2D eigenvalue weighted by Gasteiger charge is -2.49. The molecule has 4 rings (SSSR count). The van der Waals surface area contributed by atoms with E-state index in [1.807, 2.05) is 0 Å². The standard InChI is InChI=1S/C12H18/c1-3-8-5-10-6-9-4-2-7(1)11(8)12(9)10/h7-12H,1-6H2/t7?,8-,9?,10?,11-,12?/m0/s1. The average Bonchev–Trinajstić information content (AvgIpc) is 2.57. The van der Waals surface area contributed by atoms with Crippen molar-refractivity contribution < 1.29 is 0 Å². The first-order valence-corrected chi connectivity index (χ1v) is 5.93. The van der Waals surface area contributed by atoms with E-state index >= 15 is 0 Å². The summed E-state index contributed by atoms with van der Waals surface area (Å²) in [5, 5.41) is 0. The highest BCUT2D eigenvalue weighted by atomic mass is 14.6. The topological polar surface area (TPSA) is 0 Å². The van der Waals surface area contributed by atoms with Crippen LogP contribution in [0.3, 0.4) is 0 Å². The molecule has 6 atom stereocenters. The highest BCUT2D eigenvalue weighted by Crippen LogP contribution is 2.67. The molecule has 4 aliphatic carbocycles. The molecule has 0 saturated heterocycles. The van der Waals surface area contributed by atoms with Crippen LogP contribution in [0, 0.1) is 35.5 Å². The van der Waals surface area contributed by atoms with E-state index in [1.54, 1.807) is 38.5 Å². The minimum Gasteiger partial charge on any atom is -0.0499 e. The molecule has 0 radical (unpaired) electrons. The maximum atomic E-state index is 1.64. The van der Waals surface area contributed by atoms with Gasteiger partial charge >= 0.3 is 0 Å². The van der Waals surface area contributed by atoms with Crippen molar-refractivity contribution in [2.45, 2.75) is 38.5 Å². The van der Waals surface area contributed by atoms with Gasteiger partial charge in [0.05, 0.1) is 0 Å². The second-order valence-electron chi connectivity index (χ2n) is 5.82. The first kappa shape index (κ1) is 6.45. The minimum absolute atomic E-state index is 1.20. The minimum atomic E-state index is 1.20. The van der Waals surface area contributed by atoms with Crippen molar-refractivity contribution in [2.75, 3.05) is 0 Å². The monoisotopic (exact) mass is 162 g/mol. The summed E-state index contributed by atoms with van der Waals surface area (Å²) in [4.78, 5) is 0. The maximum Gasteiger partial charge on any atom is -0.0323 e. The first-order valence-electron chi connectivity index (χ1n) is 5.93. The zero-order valence-electron chi connectivity index (χ0n) is 7.71. The molecule has 0 nitrogen and oxygen atoms in total. The number of rotatable bonds is 0. The summed E-state index contributed by atoms with van der Waals surface area (Å²) in [6.07, 6.45) is 9.69. The summed E-state index contributed by atoms with van der Waals surface area (Å²) in [5.74, 6) is 7.31. The molecule has 0 aliphatic heterocycles. The molecule has 0 aromatic carbocycles. The predicted octanol–water partition coefficient (Wildman–Crippen LogP) is 3.08. The van der Waals surface area contributed by atoms with Crippen molar-refractivity contribution in [3.8, 4) is 0 Å². The van der Waals surface area contributed by atoms with Gasteiger partial charge in [0.2, 0.25) is 0 Å². The molecule has 4 saturated carbocycles. The SMILES string of the molecule is C1CC2CC[C@H]3CC4CC1C4[C@@H]23. The summed E-state index contributed by atoms with van der Waals surface area (Å²) in [6, 6.07) is 0. The van der Waals surface area contributed by atoms with E-state index in [-0.39, 0.29) is 0 Å². The Kier molecular flexibility index (Phi) is 1.03. The zero-order chi connectivity index (χ0) is 7.71. The highest BCUT2D eigenvalue weighted by Gasteiger charge is 2.59. The van der Waals surface area contributed by atoms with E-state index < -0.39 is 0 Å². The average molecular weight is 162 g/mol. The van der Waals surface area contributed by atoms with Crippen LogP contribution in [0.25, 0.3) is 0 Å². The number of hydrogen-bond acceptors (Lipinski definition) is 0. The lowest BCUT2D eigenvalue weighted by atomic mass is 9.56. The van der Waals surface area contributed by atoms with Crippen molar-refractivity contribution in [1.29, 1.82) is 0 Å². The molecule has 12 heavy (non-hydrogen) atoms. The van der Waals surface area contributed by atoms with Crippen LogP contribution < -0.4 is 0 Å². The van der Waals surface area contributed by atoms with E-state index in [0.29, 0.717) is 0 Å². The summed E-state index contributed by atoms with van der Waals surface area (Å²) >= 11 is 0. The molecule has 0 heterocycles. The van der Waals surface area contributed by atoms with Crippen LogP contribution in [0.1, 0.15) is 38.5 Å². The van der Waals surface area contributed by atoms with Crippen LogP contribution in [0.15, 0.2) is 0 Å². The van der Waals surface area contributed by atoms with Crippen molar-refractivity contribution in [1.82, 2.24) is 0 Å². The zero-order valence-corrected chi connectivity index (χ0v) is 7.71. The summed E-state index contributed by atoms with van der Waals surface area (Å²) in [7, 11) is 0. The largest absolute Gasteiger partial charge is 0.0499 e. The lowest BCUT2D eigenvalue weighted by molar-refractivity contribution is 0.000767. The number of hydrogen-bond donors (Lipinski definition) is 0. The Morgan fingerprint density at radius 3 is 1.67 bits per heavy atom. The molecule has 0 spiro atoms. The molecule has 4 fully saturated rings. The van der Waals surface area contributed by atoms with Gasteiger partial charge < -0.3 is 0 Å². The Hall–Kier alpha value is 0. The predicted molar refractivity (Wildman–Crippen MR) is 48.6 cm³/mol. The van der Waals surface area contributed by atoms with Crippen LogP contribution in [0.5, 0.6) is 0 Å². The van der Waals surface area contributed by atoms with Crippen LogP contribution >= 0.6 is 0 Å². The van der Waals surface area contributed by atoms with Gasteiger partial charge in [-0.3, -0.25) is 0 Å².